The number of ether oxygens (including phenoxy) is 2. The van der Waals surface area contributed by atoms with Crippen LogP contribution in [0.4, 0.5) is 0 Å². The smallest absolute Gasteiger partial charge is 0.145 e. The molecule has 3 heterocycles. The number of methoxy groups -OCH3 is 2. The van der Waals surface area contributed by atoms with Gasteiger partial charge in [0, 0.05) is 23.5 Å². The summed E-state index contributed by atoms with van der Waals surface area (Å²) in [5.41, 5.74) is 3.03. The third-order valence-electron chi connectivity index (χ3n) is 5.82. The number of aromatic nitrogens is 2. The van der Waals surface area contributed by atoms with Crippen LogP contribution in [0.1, 0.15) is 43.0 Å². The van der Waals surface area contributed by atoms with Crippen molar-refractivity contribution in [3.8, 4) is 22.1 Å². The first-order valence-electron chi connectivity index (χ1n) is 10.5. The minimum Gasteiger partial charge on any atom is -0.495 e. The molecule has 1 saturated heterocycles. The number of benzene rings is 1. The highest BCUT2D eigenvalue weighted by Gasteiger charge is 2.34. The van der Waals surface area contributed by atoms with Crippen molar-refractivity contribution < 1.29 is 14.3 Å². The topological polar surface area (TPSA) is 64.6 Å². The fraction of sp³-hybridized carbons (Fsp3) is 0.375. The van der Waals surface area contributed by atoms with Gasteiger partial charge in [0.15, 0.2) is 0 Å². The molecule has 0 aliphatic carbocycles. The molecule has 0 saturated carbocycles. The highest BCUT2D eigenvalue weighted by atomic mass is 32.1. The molecule has 0 radical (unpaired) electrons. The summed E-state index contributed by atoms with van der Waals surface area (Å²) in [6.45, 7) is 0.589. The van der Waals surface area contributed by atoms with Crippen molar-refractivity contribution in [2.75, 3.05) is 14.2 Å². The van der Waals surface area contributed by atoms with Gasteiger partial charge in [-0.3, -0.25) is 9.88 Å². The van der Waals surface area contributed by atoms with Gasteiger partial charge in [-0.1, -0.05) is 43.2 Å². The van der Waals surface area contributed by atoms with Gasteiger partial charge in [0.05, 0.1) is 43.9 Å². The summed E-state index contributed by atoms with van der Waals surface area (Å²) in [6.07, 6.45) is 8.30. The molecule has 1 aromatic carbocycles. The van der Waals surface area contributed by atoms with Crippen LogP contribution in [0.5, 0.6) is 11.5 Å². The van der Waals surface area contributed by atoms with Crippen molar-refractivity contribution in [1.82, 2.24) is 14.9 Å². The van der Waals surface area contributed by atoms with E-state index in [1.54, 1.807) is 38.0 Å². The lowest BCUT2D eigenvalue weighted by Gasteiger charge is -2.34. The number of pyridine rings is 1. The summed E-state index contributed by atoms with van der Waals surface area (Å²) < 4.78 is 11.3. The van der Waals surface area contributed by atoms with Gasteiger partial charge in [0.2, 0.25) is 0 Å². The molecule has 2 aromatic heterocycles. The minimum absolute atomic E-state index is 0.0209. The van der Waals surface area contributed by atoms with E-state index >= 15 is 0 Å². The third kappa shape index (κ3) is 4.62. The lowest BCUT2D eigenvalue weighted by atomic mass is 9.99. The molecule has 2 unspecified atom stereocenters. The van der Waals surface area contributed by atoms with Crippen LogP contribution >= 0.6 is 11.3 Å². The fourth-order valence-electron chi connectivity index (χ4n) is 4.30. The number of carbonyl (C=O) groups is 1. The van der Waals surface area contributed by atoms with Crippen molar-refractivity contribution in [2.24, 2.45) is 0 Å². The van der Waals surface area contributed by atoms with Gasteiger partial charge < -0.3 is 14.3 Å². The number of nitrogens with zero attached hydrogens (tertiary/aromatic N) is 3. The Bertz CT molecular complexity index is 986. The molecule has 4 rings (SSSR count). The first kappa shape index (κ1) is 21.5. The van der Waals surface area contributed by atoms with Gasteiger partial charge in [0.1, 0.15) is 22.8 Å². The average Bonchev–Trinajstić information content (AvgIpc) is 3.20. The Kier molecular flexibility index (Phi) is 6.94. The summed E-state index contributed by atoms with van der Waals surface area (Å²) in [6, 6.07) is 9.97. The monoisotopic (exact) mass is 437 g/mol. The van der Waals surface area contributed by atoms with Gasteiger partial charge in [0.25, 0.3) is 0 Å². The second-order valence-electron chi connectivity index (χ2n) is 7.64. The quantitative estimate of drug-likeness (QED) is 0.490. The Hall–Kier alpha value is -2.77. The van der Waals surface area contributed by atoms with Crippen molar-refractivity contribution in [3.05, 3.63) is 59.4 Å². The van der Waals surface area contributed by atoms with E-state index in [1.807, 2.05) is 18.2 Å². The number of thiazole rings is 1. The maximum atomic E-state index is 12.1. The number of likely N-dealkylation sites (tertiary alicyclic amines) is 1. The zero-order chi connectivity index (χ0) is 21.6. The lowest BCUT2D eigenvalue weighted by Crippen LogP contribution is -2.38. The Labute approximate surface area is 186 Å². The van der Waals surface area contributed by atoms with Gasteiger partial charge in [-0.15, -0.1) is 11.3 Å². The zero-order valence-corrected chi connectivity index (χ0v) is 18.7. The molecular weight excluding hydrogens is 410 g/mol. The predicted octanol–water partition coefficient (Wildman–Crippen LogP) is 4.91. The largest absolute Gasteiger partial charge is 0.495 e. The van der Waals surface area contributed by atoms with E-state index in [-0.39, 0.29) is 12.1 Å². The van der Waals surface area contributed by atoms with Crippen LogP contribution in [0.25, 0.3) is 10.6 Å². The second kappa shape index (κ2) is 10.0. The molecule has 0 spiro atoms. The van der Waals surface area contributed by atoms with Gasteiger partial charge in [-0.05, 0) is 12.8 Å². The summed E-state index contributed by atoms with van der Waals surface area (Å²) in [7, 11) is 3.29. The summed E-state index contributed by atoms with van der Waals surface area (Å²) in [5.74, 6) is 1.37. The molecule has 7 heteroatoms. The highest BCUT2D eigenvalue weighted by molar-refractivity contribution is 7.13. The maximum absolute atomic E-state index is 12.1. The maximum Gasteiger partial charge on any atom is 0.145 e. The Balaban J connectivity index is 1.70. The Morgan fingerprint density at radius 1 is 1.10 bits per heavy atom. The number of hydrogen-bond acceptors (Lipinski definition) is 7. The first-order chi connectivity index (χ1) is 15.2. The van der Waals surface area contributed by atoms with Crippen LogP contribution < -0.4 is 9.47 Å². The SMILES string of the molecule is COc1cncc(OC)c1C1CCCCC(C=O)N1Cc1csc(-c2ccccc2)n1. The number of rotatable bonds is 7. The van der Waals surface area contributed by atoms with Crippen LogP contribution in [-0.2, 0) is 11.3 Å². The molecule has 1 aliphatic rings. The van der Waals surface area contributed by atoms with Gasteiger partial charge in [-0.2, -0.15) is 0 Å². The molecule has 6 nitrogen and oxygen atoms in total. The van der Waals surface area contributed by atoms with Crippen molar-refractivity contribution in [1.29, 1.82) is 0 Å². The summed E-state index contributed by atoms with van der Waals surface area (Å²) in [4.78, 5) is 23.5. The molecule has 1 aliphatic heterocycles. The van der Waals surface area contributed by atoms with E-state index in [2.05, 4.69) is 27.4 Å². The van der Waals surface area contributed by atoms with E-state index < -0.39 is 0 Å². The molecule has 162 valence electrons. The molecule has 3 aromatic rings. The second-order valence-corrected chi connectivity index (χ2v) is 8.50. The van der Waals surface area contributed by atoms with Crippen LogP contribution in [0, 0.1) is 0 Å². The van der Waals surface area contributed by atoms with Gasteiger partial charge in [-0.25, -0.2) is 4.98 Å². The molecule has 2 atom stereocenters. The standard InChI is InChI=1S/C24H27N3O3S/c1-29-21-12-25-13-22(30-2)23(21)20-11-7-6-10-19(15-28)27(20)14-18-16-31-24(26-18)17-8-4-3-5-9-17/h3-5,8-9,12-13,15-16,19-20H,6-7,10-11,14H2,1-2H3. The third-order valence-corrected chi connectivity index (χ3v) is 6.76. The predicted molar refractivity (Wildman–Crippen MR) is 121 cm³/mol. The zero-order valence-electron chi connectivity index (χ0n) is 17.9. The van der Waals surface area contributed by atoms with E-state index in [9.17, 15) is 4.79 Å². The molecule has 31 heavy (non-hydrogen) atoms. The van der Waals surface area contributed by atoms with Crippen molar-refractivity contribution >= 4 is 17.6 Å². The van der Waals surface area contributed by atoms with E-state index in [1.165, 1.54) is 0 Å². The summed E-state index contributed by atoms with van der Waals surface area (Å²) in [5, 5.41) is 3.08. The number of hydrogen-bond donors (Lipinski definition) is 0. The fourth-order valence-corrected chi connectivity index (χ4v) is 5.12. The van der Waals surface area contributed by atoms with E-state index in [0.717, 1.165) is 53.8 Å². The Morgan fingerprint density at radius 2 is 1.81 bits per heavy atom. The van der Waals surface area contributed by atoms with E-state index in [0.29, 0.717) is 18.0 Å². The number of carbonyl (C=O) groups excluding carboxylic acids is 1. The molecule has 0 N–H and O–H groups in total. The molecule has 0 amide bonds. The lowest BCUT2D eigenvalue weighted by molar-refractivity contribution is -0.113. The Morgan fingerprint density at radius 3 is 2.48 bits per heavy atom. The average molecular weight is 438 g/mol. The normalized spacial score (nSPS) is 19.5. The summed E-state index contributed by atoms with van der Waals surface area (Å²) >= 11 is 1.63. The van der Waals surface area contributed by atoms with Gasteiger partial charge >= 0.3 is 0 Å². The number of aldehydes is 1. The van der Waals surface area contributed by atoms with E-state index in [4.69, 9.17) is 14.5 Å². The minimum atomic E-state index is -0.183. The van der Waals surface area contributed by atoms with Crippen LogP contribution in [-0.4, -0.2) is 41.4 Å². The molecular formula is C24H27N3O3S. The first-order valence-corrected chi connectivity index (χ1v) is 11.4. The van der Waals surface area contributed by atoms with Crippen LogP contribution in [0.3, 0.4) is 0 Å². The van der Waals surface area contributed by atoms with Crippen molar-refractivity contribution in [2.45, 2.75) is 44.3 Å². The van der Waals surface area contributed by atoms with Crippen LogP contribution in [0.2, 0.25) is 0 Å². The van der Waals surface area contributed by atoms with Crippen LogP contribution in [0.15, 0.2) is 48.1 Å². The molecule has 0 bridgehead atoms. The van der Waals surface area contributed by atoms with Crippen molar-refractivity contribution in [3.63, 3.8) is 0 Å². The molecule has 1 fully saturated rings. The highest BCUT2D eigenvalue weighted by Crippen LogP contribution is 2.42.